The van der Waals surface area contributed by atoms with Crippen molar-refractivity contribution in [2.75, 3.05) is 6.54 Å². The van der Waals surface area contributed by atoms with E-state index in [-0.39, 0.29) is 11.8 Å². The summed E-state index contributed by atoms with van der Waals surface area (Å²) in [5.41, 5.74) is 2.25. The van der Waals surface area contributed by atoms with E-state index < -0.39 is 0 Å². The number of hydrogen-bond donors (Lipinski definition) is 1. The van der Waals surface area contributed by atoms with Crippen LogP contribution in [0, 0.1) is 12.8 Å². The molecule has 122 valence electrons. The van der Waals surface area contributed by atoms with Crippen molar-refractivity contribution in [1.29, 1.82) is 0 Å². The van der Waals surface area contributed by atoms with Crippen molar-refractivity contribution >= 4 is 17.2 Å². The maximum atomic E-state index is 12.2. The van der Waals surface area contributed by atoms with Crippen LogP contribution in [0.15, 0.2) is 30.3 Å². The average Bonchev–Trinajstić information content (AvgIpc) is 2.97. The number of amides is 1. The molecule has 1 heterocycles. The summed E-state index contributed by atoms with van der Waals surface area (Å²) in [6.07, 6.45) is 6.67. The minimum Gasteiger partial charge on any atom is -0.356 e. The molecule has 0 radical (unpaired) electrons. The number of aromatic nitrogens is 1. The quantitative estimate of drug-likeness (QED) is 0.886. The fraction of sp³-hybridized carbons (Fsp3) is 0.474. The average molecular weight is 328 g/mol. The highest BCUT2D eigenvalue weighted by atomic mass is 32.1. The summed E-state index contributed by atoms with van der Waals surface area (Å²) in [5, 5.41) is 4.18. The Labute approximate surface area is 142 Å². The molecule has 23 heavy (non-hydrogen) atoms. The maximum absolute atomic E-state index is 12.2. The molecule has 0 saturated heterocycles. The first-order valence-electron chi connectivity index (χ1n) is 8.53. The van der Waals surface area contributed by atoms with Gasteiger partial charge in [-0.05, 0) is 19.8 Å². The minimum atomic E-state index is 0.242. The number of carbonyl (C=O) groups is 1. The van der Waals surface area contributed by atoms with Gasteiger partial charge in [-0.25, -0.2) is 4.98 Å². The van der Waals surface area contributed by atoms with Gasteiger partial charge in [0.25, 0.3) is 0 Å². The zero-order valence-electron chi connectivity index (χ0n) is 13.7. The van der Waals surface area contributed by atoms with Gasteiger partial charge in [0.1, 0.15) is 5.01 Å². The first kappa shape index (κ1) is 16.2. The van der Waals surface area contributed by atoms with Crippen LogP contribution in [0.2, 0.25) is 0 Å². The van der Waals surface area contributed by atoms with Crippen molar-refractivity contribution in [3.05, 3.63) is 40.9 Å². The highest BCUT2D eigenvalue weighted by molar-refractivity contribution is 7.15. The summed E-state index contributed by atoms with van der Waals surface area (Å²) in [7, 11) is 0. The number of hydrogen-bond acceptors (Lipinski definition) is 3. The van der Waals surface area contributed by atoms with Gasteiger partial charge in [0.05, 0.1) is 5.69 Å². The van der Waals surface area contributed by atoms with Crippen LogP contribution in [0.25, 0.3) is 10.6 Å². The number of nitrogens with zero attached hydrogens (tertiary/aromatic N) is 1. The third-order valence-electron chi connectivity index (χ3n) is 4.54. The number of rotatable bonds is 5. The van der Waals surface area contributed by atoms with Crippen molar-refractivity contribution in [3.8, 4) is 10.6 Å². The van der Waals surface area contributed by atoms with E-state index in [4.69, 9.17) is 0 Å². The Balaban J connectivity index is 1.54. The summed E-state index contributed by atoms with van der Waals surface area (Å²) in [4.78, 5) is 18.1. The van der Waals surface area contributed by atoms with E-state index in [0.717, 1.165) is 35.5 Å². The van der Waals surface area contributed by atoms with Gasteiger partial charge < -0.3 is 5.32 Å². The molecule has 1 aromatic heterocycles. The van der Waals surface area contributed by atoms with Gasteiger partial charge in [0.15, 0.2) is 0 Å². The van der Waals surface area contributed by atoms with Crippen molar-refractivity contribution in [1.82, 2.24) is 10.3 Å². The first-order valence-corrected chi connectivity index (χ1v) is 9.35. The van der Waals surface area contributed by atoms with E-state index in [1.807, 2.05) is 18.2 Å². The summed E-state index contributed by atoms with van der Waals surface area (Å²) in [5.74, 6) is 0.487. The zero-order chi connectivity index (χ0) is 16.1. The number of aryl methyl sites for hydroxylation is 1. The molecule has 4 heteroatoms. The van der Waals surface area contributed by atoms with Crippen LogP contribution in [-0.4, -0.2) is 17.4 Å². The zero-order valence-corrected chi connectivity index (χ0v) is 14.5. The van der Waals surface area contributed by atoms with Gasteiger partial charge in [-0.2, -0.15) is 0 Å². The summed E-state index contributed by atoms with van der Waals surface area (Å²) in [6.45, 7) is 2.77. The maximum Gasteiger partial charge on any atom is 0.223 e. The molecule has 3 rings (SSSR count). The molecule has 1 amide bonds. The van der Waals surface area contributed by atoms with Gasteiger partial charge in [-0.1, -0.05) is 49.6 Å². The Hall–Kier alpha value is -1.68. The molecular weight excluding hydrogens is 304 g/mol. The lowest BCUT2D eigenvalue weighted by Crippen LogP contribution is -2.33. The van der Waals surface area contributed by atoms with E-state index >= 15 is 0 Å². The van der Waals surface area contributed by atoms with Crippen LogP contribution in [0.4, 0.5) is 0 Å². The van der Waals surface area contributed by atoms with E-state index in [1.54, 1.807) is 11.3 Å². The number of nitrogens with one attached hydrogen (secondary N) is 1. The molecule has 1 aromatic carbocycles. The third kappa shape index (κ3) is 4.20. The molecule has 1 aliphatic rings. The summed E-state index contributed by atoms with van der Waals surface area (Å²) in [6, 6.07) is 10.3. The molecule has 1 N–H and O–H groups in total. The lowest BCUT2D eigenvalue weighted by atomic mass is 9.89. The predicted molar refractivity (Wildman–Crippen MR) is 95.6 cm³/mol. The topological polar surface area (TPSA) is 42.0 Å². The Kier molecular flexibility index (Phi) is 5.44. The van der Waals surface area contributed by atoms with Crippen molar-refractivity contribution < 1.29 is 4.79 Å². The smallest absolute Gasteiger partial charge is 0.223 e. The van der Waals surface area contributed by atoms with Gasteiger partial charge in [0, 0.05) is 29.3 Å². The van der Waals surface area contributed by atoms with Gasteiger partial charge in [-0.15, -0.1) is 11.3 Å². The first-order chi connectivity index (χ1) is 11.2. The number of carbonyl (C=O) groups excluding carboxylic acids is 1. The van der Waals surface area contributed by atoms with Crippen molar-refractivity contribution in [3.63, 3.8) is 0 Å². The molecule has 0 unspecified atom stereocenters. The normalized spacial score (nSPS) is 15.5. The van der Waals surface area contributed by atoms with Crippen LogP contribution in [0.3, 0.4) is 0 Å². The van der Waals surface area contributed by atoms with Crippen LogP contribution >= 0.6 is 11.3 Å². The Morgan fingerprint density at radius 2 is 1.96 bits per heavy atom. The van der Waals surface area contributed by atoms with Gasteiger partial charge in [-0.3, -0.25) is 4.79 Å². The Morgan fingerprint density at radius 3 is 2.70 bits per heavy atom. The largest absolute Gasteiger partial charge is 0.356 e. The standard InChI is InChI=1S/C19H24N2OS/c1-14-17(23-19(21-14)16-10-6-3-7-11-16)12-13-20-18(22)15-8-4-2-5-9-15/h3,6-7,10-11,15H,2,4-5,8-9,12-13H2,1H3,(H,20,22). The summed E-state index contributed by atoms with van der Waals surface area (Å²) < 4.78 is 0. The summed E-state index contributed by atoms with van der Waals surface area (Å²) >= 11 is 1.74. The van der Waals surface area contributed by atoms with Crippen LogP contribution in [0.1, 0.15) is 42.7 Å². The highest BCUT2D eigenvalue weighted by Crippen LogP contribution is 2.28. The van der Waals surface area contributed by atoms with E-state index in [9.17, 15) is 4.79 Å². The Bertz CT molecular complexity index is 645. The molecule has 1 fully saturated rings. The second-order valence-electron chi connectivity index (χ2n) is 6.27. The lowest BCUT2D eigenvalue weighted by Gasteiger charge is -2.20. The second-order valence-corrected chi connectivity index (χ2v) is 7.35. The van der Waals surface area contributed by atoms with E-state index in [0.29, 0.717) is 6.54 Å². The van der Waals surface area contributed by atoms with Crippen LogP contribution in [0.5, 0.6) is 0 Å². The molecular formula is C19H24N2OS. The molecule has 1 saturated carbocycles. The van der Waals surface area contributed by atoms with E-state index in [1.165, 1.54) is 24.1 Å². The predicted octanol–water partition coefficient (Wildman–Crippen LogP) is 4.36. The Morgan fingerprint density at radius 1 is 1.22 bits per heavy atom. The number of thiazole rings is 1. The third-order valence-corrected chi connectivity index (χ3v) is 5.81. The number of benzene rings is 1. The SMILES string of the molecule is Cc1nc(-c2ccccc2)sc1CCNC(=O)C1CCCCC1. The minimum absolute atomic E-state index is 0.242. The van der Waals surface area contributed by atoms with Gasteiger partial charge in [0.2, 0.25) is 5.91 Å². The monoisotopic (exact) mass is 328 g/mol. The highest BCUT2D eigenvalue weighted by Gasteiger charge is 2.20. The van der Waals surface area contributed by atoms with E-state index in [2.05, 4.69) is 29.4 Å². The fourth-order valence-corrected chi connectivity index (χ4v) is 4.24. The molecule has 3 nitrogen and oxygen atoms in total. The second kappa shape index (κ2) is 7.73. The van der Waals surface area contributed by atoms with Crippen LogP contribution < -0.4 is 5.32 Å². The molecule has 2 aromatic rings. The van der Waals surface area contributed by atoms with Gasteiger partial charge >= 0.3 is 0 Å². The molecule has 0 atom stereocenters. The van der Waals surface area contributed by atoms with Crippen molar-refractivity contribution in [2.45, 2.75) is 45.4 Å². The molecule has 0 bridgehead atoms. The van der Waals surface area contributed by atoms with Crippen molar-refractivity contribution in [2.24, 2.45) is 5.92 Å². The fourth-order valence-electron chi connectivity index (χ4n) is 3.17. The lowest BCUT2D eigenvalue weighted by molar-refractivity contribution is -0.125. The molecule has 0 aliphatic heterocycles. The van der Waals surface area contributed by atoms with Crippen LogP contribution in [-0.2, 0) is 11.2 Å². The molecule has 0 spiro atoms. The molecule has 1 aliphatic carbocycles.